The molecule has 21 heavy (non-hydrogen) atoms. The van der Waals surface area contributed by atoms with Gasteiger partial charge in [-0.25, -0.2) is 9.97 Å². The molecule has 0 aliphatic rings. The maximum Gasteiger partial charge on any atom is 0.228 e. The van der Waals surface area contributed by atoms with Gasteiger partial charge in [0.15, 0.2) is 5.82 Å². The summed E-state index contributed by atoms with van der Waals surface area (Å²) in [6.45, 7) is 3.60. The lowest BCUT2D eigenvalue weighted by Crippen LogP contribution is -2.34. The molecule has 2 unspecified atom stereocenters. The number of nitrogens with zero attached hydrogens (tertiary/aromatic N) is 2. The molecule has 2 rings (SSSR count). The highest BCUT2D eigenvalue weighted by Gasteiger charge is 2.17. The number of nitrogens with two attached hydrogens (primary N) is 1. The van der Waals surface area contributed by atoms with Crippen molar-refractivity contribution >= 4 is 24.0 Å². The van der Waals surface area contributed by atoms with Crippen LogP contribution in [-0.2, 0) is 4.79 Å². The van der Waals surface area contributed by atoms with Crippen molar-refractivity contribution in [2.24, 2.45) is 11.7 Å². The van der Waals surface area contributed by atoms with Gasteiger partial charge in [0.1, 0.15) is 0 Å². The van der Waals surface area contributed by atoms with Gasteiger partial charge in [0, 0.05) is 11.6 Å². The van der Waals surface area contributed by atoms with Gasteiger partial charge in [-0.1, -0.05) is 37.3 Å². The van der Waals surface area contributed by atoms with Crippen molar-refractivity contribution in [3.8, 4) is 11.4 Å². The van der Waals surface area contributed by atoms with Gasteiger partial charge in [-0.15, -0.1) is 12.4 Å². The Morgan fingerprint density at radius 2 is 1.71 bits per heavy atom. The van der Waals surface area contributed by atoms with Crippen LogP contribution >= 0.6 is 12.4 Å². The molecule has 2 aromatic rings. The Labute approximate surface area is 130 Å². The third kappa shape index (κ3) is 4.51. The number of carbonyl (C=O) groups excluding carboxylic acids is 1. The molecule has 112 valence electrons. The largest absolute Gasteiger partial charge is 0.327 e. The Kier molecular flexibility index (Phi) is 6.27. The molecule has 0 aliphatic carbocycles. The summed E-state index contributed by atoms with van der Waals surface area (Å²) in [5, 5.41) is 2.76. The summed E-state index contributed by atoms with van der Waals surface area (Å²) in [5.74, 6) is 0.240. The predicted molar refractivity (Wildman–Crippen MR) is 86.2 cm³/mol. The van der Waals surface area contributed by atoms with Crippen molar-refractivity contribution in [2.75, 3.05) is 5.32 Å². The Morgan fingerprint density at radius 3 is 2.24 bits per heavy atom. The molecule has 0 aliphatic heterocycles. The number of hydrogen-bond acceptors (Lipinski definition) is 4. The van der Waals surface area contributed by atoms with Crippen LogP contribution in [0.3, 0.4) is 0 Å². The first-order valence-corrected chi connectivity index (χ1v) is 6.52. The van der Waals surface area contributed by atoms with E-state index < -0.39 is 0 Å². The number of anilines is 1. The number of halogens is 1. The molecule has 0 spiro atoms. The first-order valence-electron chi connectivity index (χ1n) is 6.52. The summed E-state index contributed by atoms with van der Waals surface area (Å²) in [6, 6.07) is 9.47. The van der Waals surface area contributed by atoms with Crippen LogP contribution < -0.4 is 11.1 Å². The molecule has 6 heteroatoms. The molecule has 1 amide bonds. The third-order valence-electron chi connectivity index (χ3n) is 3.15. The van der Waals surface area contributed by atoms with E-state index in [1.807, 2.05) is 30.3 Å². The number of rotatable bonds is 4. The minimum absolute atomic E-state index is 0. The van der Waals surface area contributed by atoms with Gasteiger partial charge >= 0.3 is 0 Å². The maximum atomic E-state index is 11.9. The summed E-state index contributed by atoms with van der Waals surface area (Å²) >= 11 is 0. The van der Waals surface area contributed by atoms with E-state index in [1.165, 1.54) is 0 Å². The van der Waals surface area contributed by atoms with Crippen LogP contribution in [-0.4, -0.2) is 21.9 Å². The highest BCUT2D eigenvalue weighted by molar-refractivity contribution is 5.92. The second-order valence-electron chi connectivity index (χ2n) is 4.80. The molecule has 1 heterocycles. The molecular weight excluding hydrogens is 288 g/mol. The first kappa shape index (κ1) is 17.1. The molecule has 1 aromatic carbocycles. The van der Waals surface area contributed by atoms with Gasteiger partial charge in [-0.05, 0) is 6.92 Å². The van der Waals surface area contributed by atoms with Gasteiger partial charge in [0.2, 0.25) is 5.91 Å². The Hall–Kier alpha value is -1.98. The van der Waals surface area contributed by atoms with Crippen LogP contribution in [0.15, 0.2) is 42.7 Å². The minimum atomic E-state index is -0.260. The lowest BCUT2D eigenvalue weighted by atomic mass is 10.0. The van der Waals surface area contributed by atoms with Crippen LogP contribution in [0.4, 0.5) is 5.69 Å². The van der Waals surface area contributed by atoms with Crippen molar-refractivity contribution < 1.29 is 4.79 Å². The summed E-state index contributed by atoms with van der Waals surface area (Å²) in [5.41, 5.74) is 7.21. The van der Waals surface area contributed by atoms with Gasteiger partial charge in [-0.2, -0.15) is 0 Å². The van der Waals surface area contributed by atoms with Gasteiger partial charge in [0.25, 0.3) is 0 Å². The minimum Gasteiger partial charge on any atom is -0.327 e. The van der Waals surface area contributed by atoms with Crippen LogP contribution in [0.5, 0.6) is 0 Å². The van der Waals surface area contributed by atoms with Crippen LogP contribution in [0, 0.1) is 5.92 Å². The zero-order valence-electron chi connectivity index (χ0n) is 12.0. The molecule has 1 aromatic heterocycles. The molecule has 0 fully saturated rings. The van der Waals surface area contributed by atoms with Crippen LogP contribution in [0.25, 0.3) is 11.4 Å². The van der Waals surface area contributed by atoms with Crippen molar-refractivity contribution in [2.45, 2.75) is 19.9 Å². The van der Waals surface area contributed by atoms with E-state index in [4.69, 9.17) is 5.73 Å². The molecular formula is C15H19ClN4O. The zero-order valence-corrected chi connectivity index (χ0v) is 12.8. The summed E-state index contributed by atoms with van der Waals surface area (Å²) in [4.78, 5) is 20.4. The summed E-state index contributed by atoms with van der Waals surface area (Å²) in [6.07, 6.45) is 3.20. The van der Waals surface area contributed by atoms with Gasteiger partial charge in [-0.3, -0.25) is 4.79 Å². The highest BCUT2D eigenvalue weighted by atomic mass is 35.5. The van der Waals surface area contributed by atoms with Crippen LogP contribution in [0.1, 0.15) is 13.8 Å². The maximum absolute atomic E-state index is 11.9. The second kappa shape index (κ2) is 7.71. The van der Waals surface area contributed by atoms with E-state index in [0.29, 0.717) is 11.5 Å². The summed E-state index contributed by atoms with van der Waals surface area (Å²) < 4.78 is 0. The second-order valence-corrected chi connectivity index (χ2v) is 4.80. The zero-order chi connectivity index (χ0) is 14.5. The highest BCUT2D eigenvalue weighted by Crippen LogP contribution is 2.15. The average molecular weight is 307 g/mol. The van der Waals surface area contributed by atoms with E-state index in [9.17, 15) is 4.79 Å². The topological polar surface area (TPSA) is 80.9 Å². The van der Waals surface area contributed by atoms with E-state index in [1.54, 1.807) is 26.2 Å². The van der Waals surface area contributed by atoms with E-state index >= 15 is 0 Å². The SMILES string of the molecule is CC(N)C(C)C(=O)Nc1cnc(-c2ccccc2)nc1.Cl. The number of amides is 1. The van der Waals surface area contributed by atoms with Crippen molar-refractivity contribution in [3.63, 3.8) is 0 Å². The van der Waals surface area contributed by atoms with Crippen molar-refractivity contribution in [1.29, 1.82) is 0 Å². The molecule has 2 atom stereocenters. The molecule has 0 saturated heterocycles. The van der Waals surface area contributed by atoms with Crippen LogP contribution in [0.2, 0.25) is 0 Å². The fraction of sp³-hybridized carbons (Fsp3) is 0.267. The molecule has 5 nitrogen and oxygen atoms in total. The van der Waals surface area contributed by atoms with E-state index in [0.717, 1.165) is 5.56 Å². The smallest absolute Gasteiger partial charge is 0.228 e. The molecule has 3 N–H and O–H groups in total. The quantitative estimate of drug-likeness (QED) is 0.909. The number of nitrogens with one attached hydrogen (secondary N) is 1. The summed E-state index contributed by atoms with van der Waals surface area (Å²) in [7, 11) is 0. The number of hydrogen-bond donors (Lipinski definition) is 2. The Bertz CT molecular complexity index is 572. The average Bonchev–Trinajstić information content (AvgIpc) is 2.48. The first-order chi connectivity index (χ1) is 9.58. The van der Waals surface area contributed by atoms with E-state index in [-0.39, 0.29) is 30.3 Å². The predicted octanol–water partition coefficient (Wildman–Crippen LogP) is 2.49. The number of benzene rings is 1. The molecule has 0 saturated carbocycles. The lowest BCUT2D eigenvalue weighted by molar-refractivity contribution is -0.119. The number of carbonyl (C=O) groups is 1. The standard InChI is InChI=1S/C15H18N4O.ClH/c1-10(11(2)16)15(20)19-13-8-17-14(18-9-13)12-6-4-3-5-7-12;/h3-11H,16H2,1-2H3,(H,19,20);1H. The van der Waals surface area contributed by atoms with E-state index in [2.05, 4.69) is 15.3 Å². The third-order valence-corrected chi connectivity index (χ3v) is 3.15. The van der Waals surface area contributed by atoms with Gasteiger partial charge in [0.05, 0.1) is 24.0 Å². The Morgan fingerprint density at radius 1 is 1.14 bits per heavy atom. The lowest BCUT2D eigenvalue weighted by Gasteiger charge is -2.15. The van der Waals surface area contributed by atoms with Crippen molar-refractivity contribution in [3.05, 3.63) is 42.7 Å². The molecule has 0 radical (unpaired) electrons. The van der Waals surface area contributed by atoms with Crippen molar-refractivity contribution in [1.82, 2.24) is 9.97 Å². The normalized spacial score (nSPS) is 12.9. The fourth-order valence-corrected chi connectivity index (χ4v) is 1.62. The fourth-order valence-electron chi connectivity index (χ4n) is 1.62. The van der Waals surface area contributed by atoms with Gasteiger partial charge < -0.3 is 11.1 Å². The number of aromatic nitrogens is 2. The Balaban J connectivity index is 0.00000220. The monoisotopic (exact) mass is 306 g/mol. The molecule has 0 bridgehead atoms.